The van der Waals surface area contributed by atoms with E-state index in [1.807, 2.05) is 6.07 Å². The van der Waals surface area contributed by atoms with E-state index >= 15 is 0 Å². The molecule has 1 aromatic carbocycles. The highest BCUT2D eigenvalue weighted by Gasteiger charge is 2.03. The van der Waals surface area contributed by atoms with Gasteiger partial charge in [-0.25, -0.2) is 0 Å². The maximum atomic E-state index is 8.71. The van der Waals surface area contributed by atoms with Gasteiger partial charge in [-0.2, -0.15) is 0 Å². The summed E-state index contributed by atoms with van der Waals surface area (Å²) in [4.78, 5) is 2.31. The van der Waals surface area contributed by atoms with Gasteiger partial charge in [0.1, 0.15) is 0 Å². The molecule has 0 amide bonds. The molecule has 0 unspecified atom stereocenters. The molecule has 0 bridgehead atoms. The van der Waals surface area contributed by atoms with Crippen LogP contribution in [0.25, 0.3) is 0 Å². The van der Waals surface area contributed by atoms with Crippen LogP contribution in [0.5, 0.6) is 0 Å². The topological polar surface area (TPSA) is 49.5 Å². The smallest absolute Gasteiger partial charge is 0.0431 e. The molecular formula is C14H24N2O. The number of benzene rings is 1. The normalized spacial score (nSPS) is 11.1. The van der Waals surface area contributed by atoms with E-state index in [-0.39, 0.29) is 0 Å². The van der Waals surface area contributed by atoms with Crippen LogP contribution in [0.1, 0.15) is 30.4 Å². The molecule has 3 heteroatoms. The van der Waals surface area contributed by atoms with Crippen molar-refractivity contribution in [1.82, 2.24) is 4.90 Å². The zero-order valence-electron chi connectivity index (χ0n) is 10.7. The van der Waals surface area contributed by atoms with Gasteiger partial charge in [0.25, 0.3) is 0 Å². The molecule has 0 saturated heterocycles. The quantitative estimate of drug-likeness (QED) is 0.676. The number of nitrogens with zero attached hydrogens (tertiary/aromatic N) is 1. The highest BCUT2D eigenvalue weighted by Crippen LogP contribution is 2.10. The molecule has 0 fully saturated rings. The summed E-state index contributed by atoms with van der Waals surface area (Å²) in [6.07, 6.45) is 3.15. The standard InChI is InChI=1S/C14H24N2O/c1-16(9-5-2-6-10-17)12-14-8-4-3-7-13(14)11-15/h3-4,7-8,17H,2,5-6,9-12,15H2,1H3. The summed E-state index contributed by atoms with van der Waals surface area (Å²) >= 11 is 0. The zero-order valence-corrected chi connectivity index (χ0v) is 10.7. The van der Waals surface area contributed by atoms with Crippen molar-refractivity contribution in [1.29, 1.82) is 0 Å². The second kappa shape index (κ2) is 8.23. The second-order valence-corrected chi connectivity index (χ2v) is 4.49. The van der Waals surface area contributed by atoms with Crippen molar-refractivity contribution in [3.05, 3.63) is 35.4 Å². The largest absolute Gasteiger partial charge is 0.396 e. The van der Waals surface area contributed by atoms with E-state index in [4.69, 9.17) is 10.8 Å². The number of rotatable bonds is 8. The van der Waals surface area contributed by atoms with Gasteiger partial charge in [-0.3, -0.25) is 0 Å². The molecule has 0 aromatic heterocycles. The van der Waals surface area contributed by atoms with E-state index in [0.717, 1.165) is 32.4 Å². The predicted molar refractivity (Wildman–Crippen MR) is 71.6 cm³/mol. The molecule has 1 rings (SSSR count). The molecule has 0 saturated carbocycles. The Kier molecular flexibility index (Phi) is 6.86. The van der Waals surface area contributed by atoms with Gasteiger partial charge in [0.15, 0.2) is 0 Å². The van der Waals surface area contributed by atoms with E-state index in [9.17, 15) is 0 Å². The highest BCUT2D eigenvalue weighted by molar-refractivity contribution is 5.26. The third kappa shape index (κ3) is 5.31. The van der Waals surface area contributed by atoms with E-state index in [1.165, 1.54) is 11.1 Å². The minimum atomic E-state index is 0.305. The summed E-state index contributed by atoms with van der Waals surface area (Å²) < 4.78 is 0. The zero-order chi connectivity index (χ0) is 12.5. The van der Waals surface area contributed by atoms with E-state index < -0.39 is 0 Å². The van der Waals surface area contributed by atoms with Gasteiger partial charge in [0, 0.05) is 19.7 Å². The molecule has 0 aliphatic rings. The maximum Gasteiger partial charge on any atom is 0.0431 e. The van der Waals surface area contributed by atoms with Crippen molar-refractivity contribution < 1.29 is 5.11 Å². The Labute approximate surface area is 104 Å². The van der Waals surface area contributed by atoms with Crippen molar-refractivity contribution >= 4 is 0 Å². The van der Waals surface area contributed by atoms with Crippen molar-refractivity contribution in [3.63, 3.8) is 0 Å². The summed E-state index contributed by atoms with van der Waals surface area (Å²) in [6, 6.07) is 8.34. The average molecular weight is 236 g/mol. The van der Waals surface area contributed by atoms with Crippen LogP contribution in [-0.2, 0) is 13.1 Å². The lowest BCUT2D eigenvalue weighted by atomic mass is 10.1. The summed E-state index contributed by atoms with van der Waals surface area (Å²) in [7, 11) is 2.13. The Morgan fingerprint density at radius 3 is 2.47 bits per heavy atom. The first-order chi connectivity index (χ1) is 8.27. The third-order valence-electron chi connectivity index (χ3n) is 2.98. The lowest BCUT2D eigenvalue weighted by Gasteiger charge is -2.18. The Bertz CT molecular complexity index is 315. The van der Waals surface area contributed by atoms with Crippen molar-refractivity contribution in [2.45, 2.75) is 32.4 Å². The van der Waals surface area contributed by atoms with Crippen molar-refractivity contribution in [2.24, 2.45) is 5.73 Å². The first kappa shape index (κ1) is 14.2. The van der Waals surface area contributed by atoms with Gasteiger partial charge >= 0.3 is 0 Å². The first-order valence-electron chi connectivity index (χ1n) is 6.34. The van der Waals surface area contributed by atoms with E-state index in [0.29, 0.717) is 13.2 Å². The lowest BCUT2D eigenvalue weighted by Crippen LogP contribution is -2.20. The summed E-state index contributed by atoms with van der Waals surface area (Å²) in [5, 5.41) is 8.71. The minimum Gasteiger partial charge on any atom is -0.396 e. The molecule has 0 aliphatic heterocycles. The van der Waals surface area contributed by atoms with Gasteiger partial charge in [0.05, 0.1) is 0 Å². The molecule has 0 atom stereocenters. The summed E-state index contributed by atoms with van der Waals surface area (Å²) in [5.74, 6) is 0. The monoisotopic (exact) mass is 236 g/mol. The number of aliphatic hydroxyl groups is 1. The number of hydrogen-bond acceptors (Lipinski definition) is 3. The Hall–Kier alpha value is -0.900. The molecule has 0 aliphatic carbocycles. The van der Waals surface area contributed by atoms with Gasteiger partial charge in [-0.1, -0.05) is 24.3 Å². The molecule has 96 valence electrons. The first-order valence-corrected chi connectivity index (χ1v) is 6.34. The van der Waals surface area contributed by atoms with Crippen LogP contribution in [0.2, 0.25) is 0 Å². The lowest BCUT2D eigenvalue weighted by molar-refractivity contribution is 0.271. The predicted octanol–water partition coefficient (Wildman–Crippen LogP) is 1.74. The number of unbranched alkanes of at least 4 members (excludes halogenated alkanes) is 2. The van der Waals surface area contributed by atoms with Crippen LogP contribution >= 0.6 is 0 Å². The number of nitrogens with two attached hydrogens (primary N) is 1. The highest BCUT2D eigenvalue weighted by atomic mass is 16.2. The van der Waals surface area contributed by atoms with Crippen LogP contribution in [-0.4, -0.2) is 30.2 Å². The van der Waals surface area contributed by atoms with Gasteiger partial charge in [-0.15, -0.1) is 0 Å². The minimum absolute atomic E-state index is 0.305. The molecule has 3 nitrogen and oxygen atoms in total. The van der Waals surface area contributed by atoms with Gasteiger partial charge < -0.3 is 15.7 Å². The third-order valence-corrected chi connectivity index (χ3v) is 2.98. The maximum absolute atomic E-state index is 8.71. The number of aliphatic hydroxyl groups excluding tert-OH is 1. The molecule has 17 heavy (non-hydrogen) atoms. The van der Waals surface area contributed by atoms with Crippen LogP contribution in [0.15, 0.2) is 24.3 Å². The molecule has 1 aromatic rings. The molecular weight excluding hydrogens is 212 g/mol. The Morgan fingerprint density at radius 1 is 1.12 bits per heavy atom. The second-order valence-electron chi connectivity index (χ2n) is 4.49. The van der Waals surface area contributed by atoms with E-state index in [1.54, 1.807) is 0 Å². The fourth-order valence-corrected chi connectivity index (χ4v) is 1.95. The molecule has 0 spiro atoms. The Morgan fingerprint density at radius 2 is 1.82 bits per heavy atom. The molecule has 0 radical (unpaired) electrons. The number of hydrogen-bond donors (Lipinski definition) is 2. The van der Waals surface area contributed by atoms with Crippen LogP contribution in [0, 0.1) is 0 Å². The average Bonchev–Trinajstić information content (AvgIpc) is 2.35. The SMILES string of the molecule is CN(CCCCCO)Cc1ccccc1CN. The summed E-state index contributed by atoms with van der Waals surface area (Å²) in [6.45, 7) is 2.93. The Balaban J connectivity index is 2.36. The van der Waals surface area contributed by atoms with Gasteiger partial charge in [-0.05, 0) is 44.0 Å². The summed E-state index contributed by atoms with van der Waals surface area (Å²) in [5.41, 5.74) is 8.27. The van der Waals surface area contributed by atoms with Crippen LogP contribution < -0.4 is 5.73 Å². The van der Waals surface area contributed by atoms with Crippen LogP contribution in [0.3, 0.4) is 0 Å². The fourth-order valence-electron chi connectivity index (χ4n) is 1.95. The van der Waals surface area contributed by atoms with Crippen LogP contribution in [0.4, 0.5) is 0 Å². The van der Waals surface area contributed by atoms with Gasteiger partial charge in [0.2, 0.25) is 0 Å². The van der Waals surface area contributed by atoms with Crippen molar-refractivity contribution in [2.75, 3.05) is 20.2 Å². The molecule has 3 N–H and O–H groups in total. The van der Waals surface area contributed by atoms with E-state index in [2.05, 4.69) is 30.1 Å². The fraction of sp³-hybridized carbons (Fsp3) is 0.571. The molecule has 0 heterocycles. The van der Waals surface area contributed by atoms with Crippen molar-refractivity contribution in [3.8, 4) is 0 Å².